The average molecular weight is 323 g/mol. The molecular weight excluding hydrogens is 302 g/mol. The lowest BCUT2D eigenvalue weighted by molar-refractivity contribution is -0.113. The summed E-state index contributed by atoms with van der Waals surface area (Å²) in [4.78, 5) is 10.9. The molecule has 4 nitrogen and oxygen atoms in total. The van der Waals surface area contributed by atoms with E-state index in [1.54, 1.807) is 13.2 Å². The van der Waals surface area contributed by atoms with Crippen LogP contribution < -0.4 is 15.2 Å². The number of benzene rings is 2. The summed E-state index contributed by atoms with van der Waals surface area (Å²) < 4.78 is 11.3. The van der Waals surface area contributed by atoms with Crippen LogP contribution in [0.4, 0.5) is 0 Å². The second kappa shape index (κ2) is 8.58. The van der Waals surface area contributed by atoms with Gasteiger partial charge in [-0.25, -0.2) is 0 Å². The molecule has 0 aliphatic rings. The van der Waals surface area contributed by atoms with Gasteiger partial charge in [0.05, 0.1) is 7.11 Å². The molecule has 124 valence electrons. The Morgan fingerprint density at radius 3 is 2.67 bits per heavy atom. The van der Waals surface area contributed by atoms with Crippen molar-refractivity contribution < 1.29 is 14.3 Å². The Kier molecular flexibility index (Phi) is 6.20. The van der Waals surface area contributed by atoms with E-state index in [-0.39, 0.29) is 0 Å². The Labute approximate surface area is 142 Å². The predicted molar refractivity (Wildman–Crippen MR) is 95.9 cm³/mol. The van der Waals surface area contributed by atoms with Gasteiger partial charge in [-0.3, -0.25) is 4.79 Å². The standard InChI is InChI=1S/C20H21NO3/c1-3-6-16-7-4-5-8-19(16)24-14-17-13-15(10-12-20(21)22)9-11-18(17)23-2/h3-5,7-13H,1,6,14H2,2H3,(H2,21,22)/b12-10-. The first-order valence-electron chi connectivity index (χ1n) is 7.60. The molecule has 2 aromatic rings. The van der Waals surface area contributed by atoms with Crippen LogP contribution in [0.25, 0.3) is 6.08 Å². The zero-order valence-corrected chi connectivity index (χ0v) is 13.7. The highest BCUT2D eigenvalue weighted by Gasteiger charge is 2.07. The zero-order chi connectivity index (χ0) is 17.4. The fourth-order valence-electron chi connectivity index (χ4n) is 2.32. The van der Waals surface area contributed by atoms with Gasteiger partial charge in [-0.2, -0.15) is 0 Å². The van der Waals surface area contributed by atoms with E-state index in [4.69, 9.17) is 15.2 Å². The van der Waals surface area contributed by atoms with Gasteiger partial charge in [-0.05, 0) is 41.8 Å². The molecule has 0 bridgehead atoms. The van der Waals surface area contributed by atoms with E-state index in [1.165, 1.54) is 6.08 Å². The van der Waals surface area contributed by atoms with E-state index in [1.807, 2.05) is 48.5 Å². The van der Waals surface area contributed by atoms with Gasteiger partial charge in [-0.15, -0.1) is 6.58 Å². The Morgan fingerprint density at radius 2 is 1.96 bits per heavy atom. The molecule has 4 heteroatoms. The molecular formula is C20H21NO3. The van der Waals surface area contributed by atoms with Gasteiger partial charge < -0.3 is 15.2 Å². The van der Waals surface area contributed by atoms with Gasteiger partial charge in [-0.1, -0.05) is 30.3 Å². The van der Waals surface area contributed by atoms with E-state index in [0.29, 0.717) is 6.61 Å². The summed E-state index contributed by atoms with van der Waals surface area (Å²) in [6.45, 7) is 4.12. The van der Waals surface area contributed by atoms with Gasteiger partial charge in [0, 0.05) is 11.6 Å². The quantitative estimate of drug-likeness (QED) is 0.597. The number of methoxy groups -OCH3 is 1. The molecule has 2 aromatic carbocycles. The molecule has 0 saturated carbocycles. The Bertz CT molecular complexity index is 750. The van der Waals surface area contributed by atoms with E-state index in [0.717, 1.165) is 34.6 Å². The zero-order valence-electron chi connectivity index (χ0n) is 13.7. The molecule has 24 heavy (non-hydrogen) atoms. The fourth-order valence-corrected chi connectivity index (χ4v) is 2.32. The second-order valence-corrected chi connectivity index (χ2v) is 5.20. The molecule has 0 fully saturated rings. The molecule has 0 unspecified atom stereocenters. The van der Waals surface area contributed by atoms with Crippen LogP contribution in [0.2, 0.25) is 0 Å². The summed E-state index contributed by atoms with van der Waals surface area (Å²) in [5, 5.41) is 0. The van der Waals surface area contributed by atoms with Crippen LogP contribution in [0, 0.1) is 0 Å². The van der Waals surface area contributed by atoms with Gasteiger partial charge in [0.15, 0.2) is 0 Å². The molecule has 0 atom stereocenters. The molecule has 0 heterocycles. The number of ether oxygens (including phenoxy) is 2. The van der Waals surface area contributed by atoms with Crippen molar-refractivity contribution in [1.82, 2.24) is 0 Å². The van der Waals surface area contributed by atoms with Crippen molar-refractivity contribution in [2.45, 2.75) is 13.0 Å². The van der Waals surface area contributed by atoms with E-state index >= 15 is 0 Å². The molecule has 0 radical (unpaired) electrons. The predicted octanol–water partition coefficient (Wildman–Crippen LogP) is 3.50. The van der Waals surface area contributed by atoms with Crippen molar-refractivity contribution in [3.05, 3.63) is 77.9 Å². The van der Waals surface area contributed by atoms with Crippen molar-refractivity contribution in [3.8, 4) is 11.5 Å². The van der Waals surface area contributed by atoms with Gasteiger partial charge >= 0.3 is 0 Å². The third kappa shape index (κ3) is 4.74. The number of rotatable bonds is 8. The highest BCUT2D eigenvalue weighted by atomic mass is 16.5. The number of amides is 1. The molecule has 0 aliphatic carbocycles. The maximum atomic E-state index is 10.9. The molecule has 0 saturated heterocycles. The van der Waals surface area contributed by atoms with Crippen LogP contribution in [0.1, 0.15) is 16.7 Å². The third-order valence-corrected chi connectivity index (χ3v) is 3.46. The molecule has 2 N–H and O–H groups in total. The number of carbonyl (C=O) groups excluding carboxylic acids is 1. The van der Waals surface area contributed by atoms with Crippen LogP contribution in [-0.2, 0) is 17.8 Å². The van der Waals surface area contributed by atoms with Crippen molar-refractivity contribution in [2.75, 3.05) is 7.11 Å². The summed E-state index contributed by atoms with van der Waals surface area (Å²) >= 11 is 0. The van der Waals surface area contributed by atoms with Gasteiger partial charge in [0.25, 0.3) is 0 Å². The van der Waals surface area contributed by atoms with Crippen LogP contribution in [0.15, 0.2) is 61.2 Å². The highest BCUT2D eigenvalue weighted by Crippen LogP contribution is 2.25. The average Bonchev–Trinajstić information content (AvgIpc) is 2.59. The minimum atomic E-state index is -0.484. The lowest BCUT2D eigenvalue weighted by Crippen LogP contribution is -2.05. The second-order valence-electron chi connectivity index (χ2n) is 5.20. The smallest absolute Gasteiger partial charge is 0.241 e. The molecule has 1 amide bonds. The number of hydrogen-bond donors (Lipinski definition) is 1. The molecule has 0 spiro atoms. The number of primary amides is 1. The summed E-state index contributed by atoms with van der Waals surface area (Å²) in [6.07, 6.45) is 5.58. The van der Waals surface area contributed by atoms with Crippen molar-refractivity contribution >= 4 is 12.0 Å². The van der Waals surface area contributed by atoms with Gasteiger partial charge in [0.2, 0.25) is 5.91 Å². The maximum absolute atomic E-state index is 10.9. The Balaban J connectivity index is 2.20. The van der Waals surface area contributed by atoms with Crippen LogP contribution >= 0.6 is 0 Å². The maximum Gasteiger partial charge on any atom is 0.241 e. The van der Waals surface area contributed by atoms with E-state index in [2.05, 4.69) is 6.58 Å². The normalized spacial score (nSPS) is 10.5. The summed E-state index contributed by atoms with van der Waals surface area (Å²) in [6, 6.07) is 13.5. The molecule has 2 rings (SSSR count). The SMILES string of the molecule is C=CCc1ccccc1OCc1cc(/C=C\C(N)=O)ccc1OC. The number of hydrogen-bond acceptors (Lipinski definition) is 3. The summed E-state index contributed by atoms with van der Waals surface area (Å²) in [7, 11) is 1.61. The number of carbonyl (C=O) groups is 1. The lowest BCUT2D eigenvalue weighted by Gasteiger charge is -2.13. The lowest BCUT2D eigenvalue weighted by atomic mass is 10.1. The largest absolute Gasteiger partial charge is 0.496 e. The first-order chi connectivity index (χ1) is 11.6. The van der Waals surface area contributed by atoms with Crippen LogP contribution in [0.3, 0.4) is 0 Å². The van der Waals surface area contributed by atoms with Crippen molar-refractivity contribution in [2.24, 2.45) is 5.73 Å². The van der Waals surface area contributed by atoms with Gasteiger partial charge in [0.1, 0.15) is 18.1 Å². The first-order valence-corrected chi connectivity index (χ1v) is 7.60. The number of para-hydroxylation sites is 1. The molecule has 0 aliphatic heterocycles. The van der Waals surface area contributed by atoms with Crippen molar-refractivity contribution in [1.29, 1.82) is 0 Å². The van der Waals surface area contributed by atoms with Crippen LogP contribution in [0.5, 0.6) is 11.5 Å². The topological polar surface area (TPSA) is 61.5 Å². The summed E-state index contributed by atoms with van der Waals surface area (Å²) in [5.74, 6) is 1.06. The fraction of sp³-hybridized carbons (Fsp3) is 0.150. The van der Waals surface area contributed by atoms with E-state index < -0.39 is 5.91 Å². The van der Waals surface area contributed by atoms with Crippen LogP contribution in [-0.4, -0.2) is 13.0 Å². The minimum absolute atomic E-state index is 0.357. The Morgan fingerprint density at radius 1 is 1.17 bits per heavy atom. The summed E-state index contributed by atoms with van der Waals surface area (Å²) in [5.41, 5.74) is 7.95. The highest BCUT2D eigenvalue weighted by molar-refractivity contribution is 5.90. The first kappa shape index (κ1) is 17.3. The minimum Gasteiger partial charge on any atom is -0.496 e. The number of nitrogens with two attached hydrogens (primary N) is 1. The van der Waals surface area contributed by atoms with E-state index in [9.17, 15) is 4.79 Å². The molecule has 0 aromatic heterocycles. The third-order valence-electron chi connectivity index (χ3n) is 3.46. The van der Waals surface area contributed by atoms with Crippen molar-refractivity contribution in [3.63, 3.8) is 0 Å². The number of allylic oxidation sites excluding steroid dienone is 1. The Hall–Kier alpha value is -3.01. The monoisotopic (exact) mass is 323 g/mol.